The number of ether oxygens (including phenoxy) is 4. The van der Waals surface area contributed by atoms with Crippen LogP contribution in [0.5, 0.6) is 0 Å². The zero-order valence-electron chi connectivity index (χ0n) is 53.2. The molecule has 0 radical (unpaired) electrons. The number of carboxylic acids is 1. The van der Waals surface area contributed by atoms with Gasteiger partial charge < -0.3 is 61.3 Å². The molecule has 4 aromatic carbocycles. The van der Waals surface area contributed by atoms with Gasteiger partial charge >= 0.3 is 95.2 Å². The maximum atomic E-state index is 11.7. The Morgan fingerprint density at radius 3 is 0.968 bits per heavy atom. The van der Waals surface area contributed by atoms with Crippen LogP contribution in [0.2, 0.25) is 0 Å². The topological polar surface area (TPSA) is 377 Å². The van der Waals surface area contributed by atoms with Crippen molar-refractivity contribution in [2.45, 2.75) is 176 Å². The number of Topliss-reactive ketones (excluding diaryl/α,β-unsaturated/α-hetero) is 7. The third kappa shape index (κ3) is 50.4. The molecule has 0 aliphatic rings. The number of carboxylic acid groups (broad SMARTS) is 1. The first-order valence-electron chi connectivity index (χ1n) is 29.0. The summed E-state index contributed by atoms with van der Waals surface area (Å²) < 4.78 is 20.0. The third-order valence-corrected chi connectivity index (χ3v) is 12.4. The number of benzene rings is 4. The Balaban J connectivity index is 0. The van der Waals surface area contributed by atoms with E-state index in [1.807, 2.05) is 104 Å². The van der Waals surface area contributed by atoms with Gasteiger partial charge in [0, 0.05) is 44.6 Å². The molecule has 93 heavy (non-hydrogen) atoms. The summed E-state index contributed by atoms with van der Waals surface area (Å²) >= 11 is 10.4. The van der Waals surface area contributed by atoms with E-state index in [-0.39, 0.29) is 122 Å². The number of aliphatic hydroxyl groups excluding tert-OH is 2. The van der Waals surface area contributed by atoms with Crippen molar-refractivity contribution in [2.24, 2.45) is 5.73 Å². The van der Waals surface area contributed by atoms with Crippen molar-refractivity contribution in [3.63, 3.8) is 0 Å². The van der Waals surface area contributed by atoms with Crippen LogP contribution in [0, 0.1) is 0 Å². The number of halogens is 4. The number of carbonyl (C=O) groups excluding carboxylic acids is 11. The summed E-state index contributed by atoms with van der Waals surface area (Å²) in [5.41, 5.74) is 8.82. The Morgan fingerprint density at radius 1 is 0.441 bits per heavy atom. The average molecular weight is 1740 g/mol. The molecule has 24 nitrogen and oxygen atoms in total. The number of alkyl carbamates (subject to hydrolysis) is 4. The summed E-state index contributed by atoms with van der Waals surface area (Å²) in [6, 6.07) is 32.7. The first-order chi connectivity index (χ1) is 43.9. The van der Waals surface area contributed by atoms with Crippen LogP contribution in [0.1, 0.15) is 129 Å². The number of hydrogen-bond acceptors (Lipinski definition) is 19. The molecule has 0 saturated carbocycles. The van der Waals surface area contributed by atoms with Gasteiger partial charge in [-0.1, -0.05) is 158 Å². The van der Waals surface area contributed by atoms with Crippen molar-refractivity contribution in [3.8, 4) is 0 Å². The van der Waals surface area contributed by atoms with Crippen LogP contribution in [-0.4, -0.2) is 134 Å². The van der Waals surface area contributed by atoms with Gasteiger partial charge in [0.15, 0.2) is 11.6 Å². The third-order valence-electron chi connectivity index (χ3n) is 11.9. The van der Waals surface area contributed by atoms with Crippen LogP contribution in [-0.2, 0) is 88.7 Å². The van der Waals surface area contributed by atoms with Crippen LogP contribution in [0.25, 0.3) is 0 Å². The second-order valence-electron chi connectivity index (χ2n) is 20.2. The molecule has 0 aromatic heterocycles. The van der Waals surface area contributed by atoms with Crippen molar-refractivity contribution in [1.29, 1.82) is 0 Å². The van der Waals surface area contributed by atoms with E-state index in [1.165, 1.54) is 34.6 Å². The van der Waals surface area contributed by atoms with Gasteiger partial charge in [-0.05, 0) is 69.7 Å². The summed E-state index contributed by atoms with van der Waals surface area (Å²) in [4.78, 5) is 135. The number of hydrogen-bond donors (Lipinski definition) is 8. The van der Waals surface area contributed by atoms with Gasteiger partial charge in [-0.15, -0.1) is 0 Å². The quantitative estimate of drug-likeness (QED) is 0.0132. The number of carbonyl (C=O) groups is 12. The van der Waals surface area contributed by atoms with Crippen molar-refractivity contribution in [3.05, 3.63) is 144 Å². The van der Waals surface area contributed by atoms with Crippen molar-refractivity contribution in [1.82, 2.24) is 21.3 Å². The zero-order valence-corrected chi connectivity index (χ0v) is 62.6. The monoisotopic (exact) mass is 1740 g/mol. The average Bonchev–Trinajstić information content (AvgIpc) is 2.32. The molecule has 4 amide bonds. The Morgan fingerprint density at radius 2 is 0.710 bits per heavy atom. The van der Waals surface area contributed by atoms with Gasteiger partial charge in [0.05, 0.1) is 35.7 Å². The fraction of sp³-hybridized carbons (Fsp3) is 0.438. The molecule has 2 unspecified atom stereocenters. The Hall–Kier alpha value is -5.75. The molecule has 514 valence electrons. The van der Waals surface area contributed by atoms with Crippen molar-refractivity contribution < 1.29 is 96.7 Å². The molecule has 0 aliphatic heterocycles. The van der Waals surface area contributed by atoms with E-state index >= 15 is 0 Å². The van der Waals surface area contributed by atoms with E-state index in [0.29, 0.717) is 12.8 Å². The van der Waals surface area contributed by atoms with Crippen LogP contribution in [0.4, 0.5) is 19.2 Å². The normalized spacial score (nSPS) is 12.3. The van der Waals surface area contributed by atoms with E-state index in [0.717, 1.165) is 22.3 Å². The molecule has 0 bridgehead atoms. The second kappa shape index (κ2) is 54.5. The number of ketones is 7. The molecule has 0 heterocycles. The molecule has 0 saturated heterocycles. The van der Waals surface area contributed by atoms with Gasteiger partial charge in [-0.3, -0.25) is 33.6 Å². The number of amides is 4. The minimum absolute atomic E-state index is 0.00684. The van der Waals surface area contributed by atoms with Gasteiger partial charge in [-0.25, -0.2) is 24.0 Å². The van der Waals surface area contributed by atoms with Gasteiger partial charge in [0.2, 0.25) is 0 Å². The van der Waals surface area contributed by atoms with Gasteiger partial charge in [0.25, 0.3) is 0 Å². The molecule has 0 fully saturated rings. The molecule has 9 N–H and O–H groups in total. The van der Waals surface area contributed by atoms with Gasteiger partial charge in [-0.2, -0.15) is 0 Å². The number of nitrogens with two attached hydrogens (primary N) is 1. The predicted molar refractivity (Wildman–Crippen MR) is 375 cm³/mol. The number of aliphatic carboxylic acids is 1. The molecule has 4 aromatic rings. The second-order valence-corrected chi connectivity index (χ2v) is 56.1. The fourth-order valence-electron chi connectivity index (χ4n) is 7.18. The SMILES string of the molecule is CC(=O)C[C@H](NC(=O)OCc1ccccc1)C(=O)CBr.CC(=O)C[C@H](NC(=O)OCc1ccccc1)C(=O)O.CCC(=O)[C@H](CC(C)=O)NC(=O)OCc1ccccc1.CCC(O)[C@@H](N)CC(C)=O.CCC(O)[C@H](CC(C)=O)NC(=O)OCc1ccccc1.[I][V]([I])[I]. The molecule has 4 rings (SSSR count). The zero-order chi connectivity index (χ0) is 70.8. The van der Waals surface area contributed by atoms with Crippen LogP contribution in [0.3, 0.4) is 0 Å². The summed E-state index contributed by atoms with van der Waals surface area (Å²) in [5, 5.41) is 37.3. The Kier molecular flexibility index (Phi) is 52.3. The molecule has 29 heteroatoms. The first-order valence-corrected chi connectivity index (χ1v) is 43.6. The molecule has 0 spiro atoms. The summed E-state index contributed by atoms with van der Waals surface area (Å²) in [6.45, 7) is 12.6. The van der Waals surface area contributed by atoms with Crippen LogP contribution < -0.4 is 27.0 Å². The van der Waals surface area contributed by atoms with Crippen LogP contribution in [0.15, 0.2) is 121 Å². The first kappa shape index (κ1) is 89.3. The van der Waals surface area contributed by atoms with E-state index in [4.69, 9.17) is 34.9 Å². The number of rotatable bonds is 31. The number of aliphatic hydroxyl groups is 2. The van der Waals surface area contributed by atoms with E-state index in [1.54, 1.807) is 38.1 Å². The molecular formula is C64H86BrI3N5O19V. The predicted octanol–water partition coefficient (Wildman–Crippen LogP) is 10.6. The standard InChI is InChI=1S/C15H21NO4.C15H19NO4.C14H16BrNO4.C13H15NO5.C7H15NO2.3HI.V/c2*1-3-14(18)13(9-11(2)17)16-15(19)20-10-12-7-5-4-6-8-12;1-10(17)7-12(13(18)8-15)16-14(19)20-9-11-5-3-2-4-6-11;1-9(15)7-11(12(16)17)14-13(18)19-8-10-5-3-2-4-6-10;1-3-7(10)6(8)4-5(2)9;;;;/h4-8,13-14,18H,3,9-10H2,1-2H3,(H,16,19);4-8,13H,3,9-10H2,1-2H3,(H,16,19);2-6,12H,7-9H2,1H3,(H,16,19);2-6,11H,7-8H2,1H3,(H,14,18)(H,16,17);6-7,10H,3-4,8H2,1-2H3;3*1H;/q;;;;;;;;+3/p-3/t13-,14?;13-;12-;11-;6-,7?;;;;/m00000..../s1. The summed E-state index contributed by atoms with van der Waals surface area (Å²) in [6.07, 6.45) is -2.83. The van der Waals surface area contributed by atoms with Crippen molar-refractivity contribution in [2.75, 3.05) is 5.33 Å². The Bertz CT molecular complexity index is 2780. The maximum absolute atomic E-state index is 11.7. The number of nitrogens with one attached hydrogen (secondary N) is 4. The molecule has 7 atom stereocenters. The fourth-order valence-corrected chi connectivity index (χ4v) is 7.57. The summed E-state index contributed by atoms with van der Waals surface area (Å²) in [5.74, 6) is -2.44. The van der Waals surface area contributed by atoms with E-state index in [9.17, 15) is 62.6 Å². The molecule has 0 aliphatic carbocycles. The Labute approximate surface area is 589 Å². The number of alkyl halides is 1. The molecular weight excluding hydrogens is 1650 g/mol. The minimum atomic E-state index is -1.27. The summed E-state index contributed by atoms with van der Waals surface area (Å²) in [7, 11) is 0. The van der Waals surface area contributed by atoms with E-state index in [2.05, 4.69) is 97.1 Å². The van der Waals surface area contributed by atoms with Crippen molar-refractivity contribution >= 4 is 147 Å². The van der Waals surface area contributed by atoms with Gasteiger partial charge in [0.1, 0.15) is 61.4 Å². The van der Waals surface area contributed by atoms with E-state index < -0.39 is 66.7 Å². The van der Waals surface area contributed by atoms with Crippen LogP contribution >= 0.6 is 75.9 Å².